The summed E-state index contributed by atoms with van der Waals surface area (Å²) in [5.74, 6) is 5.42. The zero-order chi connectivity index (χ0) is 11.1. The monoisotopic (exact) mass is 213 g/mol. The van der Waals surface area contributed by atoms with Crippen molar-refractivity contribution >= 4 is 5.96 Å². The van der Waals surface area contributed by atoms with Gasteiger partial charge in [-0.05, 0) is 32.7 Å². The van der Waals surface area contributed by atoms with Crippen molar-refractivity contribution in [3.05, 3.63) is 0 Å². The molecule has 0 spiro atoms. The molecule has 5 N–H and O–H groups in total. The number of hydrazine groups is 1. The quantitative estimate of drug-likeness (QED) is 0.202. The summed E-state index contributed by atoms with van der Waals surface area (Å²) in [6.07, 6.45) is 5.09. The minimum Gasteiger partial charge on any atom is -0.369 e. The van der Waals surface area contributed by atoms with Crippen LogP contribution in [0.15, 0.2) is 4.99 Å². The maximum Gasteiger partial charge on any atom is 0.203 e. The first kappa shape index (κ1) is 12.3. The van der Waals surface area contributed by atoms with Gasteiger partial charge in [-0.3, -0.25) is 10.4 Å². The van der Waals surface area contributed by atoms with Gasteiger partial charge >= 0.3 is 0 Å². The maximum atomic E-state index is 5.42. The van der Waals surface area contributed by atoms with Gasteiger partial charge in [0, 0.05) is 19.1 Å². The van der Waals surface area contributed by atoms with Crippen molar-refractivity contribution < 1.29 is 0 Å². The van der Waals surface area contributed by atoms with Crippen LogP contribution >= 0.6 is 0 Å². The molecule has 0 aromatic heterocycles. The van der Waals surface area contributed by atoms with Crippen molar-refractivity contribution in [2.45, 2.75) is 38.6 Å². The minimum atomic E-state index is 0.321. The van der Waals surface area contributed by atoms with E-state index < -0.39 is 0 Å². The van der Waals surface area contributed by atoms with Crippen LogP contribution in [0.4, 0.5) is 0 Å². The topological polar surface area (TPSA) is 79.7 Å². The predicted octanol–water partition coefficient (Wildman–Crippen LogP) is 0.0289. The Balaban J connectivity index is 2.13. The lowest BCUT2D eigenvalue weighted by Crippen LogP contribution is -2.39. The third-order valence-corrected chi connectivity index (χ3v) is 2.97. The molecule has 1 aliphatic rings. The normalized spacial score (nSPS) is 24.1. The second-order valence-corrected chi connectivity index (χ2v) is 4.15. The number of nitrogens with one attached hydrogen (secondary N) is 1. The van der Waals surface area contributed by atoms with E-state index in [1.54, 1.807) is 0 Å². The smallest absolute Gasteiger partial charge is 0.203 e. The number of hydrogen-bond donors (Lipinski definition) is 3. The van der Waals surface area contributed by atoms with Crippen molar-refractivity contribution in [1.82, 2.24) is 10.3 Å². The molecule has 0 saturated carbocycles. The van der Waals surface area contributed by atoms with Gasteiger partial charge in [-0.25, -0.2) is 5.84 Å². The number of piperidine rings is 1. The zero-order valence-electron chi connectivity index (χ0n) is 9.58. The third kappa shape index (κ3) is 4.48. The first-order valence-corrected chi connectivity index (χ1v) is 5.74. The highest BCUT2D eigenvalue weighted by atomic mass is 15.3. The Labute approximate surface area is 91.9 Å². The summed E-state index contributed by atoms with van der Waals surface area (Å²) >= 11 is 0. The molecule has 1 atom stereocenters. The molecule has 5 nitrogen and oxygen atoms in total. The Hall–Kier alpha value is -0.810. The predicted molar refractivity (Wildman–Crippen MR) is 63.3 cm³/mol. The summed E-state index contributed by atoms with van der Waals surface area (Å²) in [7, 11) is 0. The number of rotatable bonds is 4. The third-order valence-electron chi connectivity index (χ3n) is 2.97. The van der Waals surface area contributed by atoms with Crippen LogP contribution in [-0.2, 0) is 0 Å². The molecule has 1 heterocycles. The average molecular weight is 213 g/mol. The van der Waals surface area contributed by atoms with Crippen molar-refractivity contribution in [3.63, 3.8) is 0 Å². The van der Waals surface area contributed by atoms with E-state index in [0.717, 1.165) is 25.6 Å². The fourth-order valence-corrected chi connectivity index (χ4v) is 2.01. The van der Waals surface area contributed by atoms with E-state index in [-0.39, 0.29) is 0 Å². The van der Waals surface area contributed by atoms with Gasteiger partial charge in [-0.15, -0.1) is 0 Å². The Morgan fingerprint density at radius 2 is 2.33 bits per heavy atom. The van der Waals surface area contributed by atoms with Gasteiger partial charge in [0.15, 0.2) is 0 Å². The molecule has 0 amide bonds. The van der Waals surface area contributed by atoms with Crippen LogP contribution in [0.2, 0.25) is 0 Å². The standard InChI is InChI=1S/C10H23N5/c1-9-5-2-3-7-15(9)8-4-6-13-10(11)14-12/h9H,2-8,12H2,1H3,(H3,11,13,14). The number of nitrogens with two attached hydrogens (primary N) is 2. The van der Waals surface area contributed by atoms with Gasteiger partial charge in [0.2, 0.25) is 5.96 Å². The summed E-state index contributed by atoms with van der Waals surface area (Å²) in [4.78, 5) is 6.62. The summed E-state index contributed by atoms with van der Waals surface area (Å²) in [5.41, 5.74) is 7.75. The molecule has 88 valence electrons. The van der Waals surface area contributed by atoms with Gasteiger partial charge < -0.3 is 10.6 Å². The van der Waals surface area contributed by atoms with Crippen molar-refractivity contribution in [1.29, 1.82) is 0 Å². The van der Waals surface area contributed by atoms with Crippen LogP contribution in [0.3, 0.4) is 0 Å². The molecule has 1 fully saturated rings. The largest absolute Gasteiger partial charge is 0.369 e. The van der Waals surface area contributed by atoms with Gasteiger partial charge in [0.1, 0.15) is 0 Å². The summed E-state index contributed by atoms with van der Waals surface area (Å²) < 4.78 is 0. The van der Waals surface area contributed by atoms with E-state index in [9.17, 15) is 0 Å². The van der Waals surface area contributed by atoms with Crippen LogP contribution in [0.1, 0.15) is 32.6 Å². The molecule has 5 heteroatoms. The Bertz CT molecular complexity index is 204. The van der Waals surface area contributed by atoms with Gasteiger partial charge in [0.05, 0.1) is 0 Å². The fourth-order valence-electron chi connectivity index (χ4n) is 2.01. The summed E-state index contributed by atoms with van der Waals surface area (Å²) in [6.45, 7) is 5.40. The average Bonchev–Trinajstić information content (AvgIpc) is 2.26. The zero-order valence-corrected chi connectivity index (χ0v) is 9.58. The Kier molecular flexibility index (Phi) is 5.42. The summed E-state index contributed by atoms with van der Waals surface area (Å²) in [6, 6.07) is 0.729. The SMILES string of the molecule is CC1CCCCN1CCCN=C(N)NN. The van der Waals surface area contributed by atoms with Crippen molar-refractivity contribution in [2.75, 3.05) is 19.6 Å². The van der Waals surface area contributed by atoms with Gasteiger partial charge in [-0.2, -0.15) is 0 Å². The molecule has 0 aromatic carbocycles. The van der Waals surface area contributed by atoms with E-state index in [0.29, 0.717) is 5.96 Å². The molecular formula is C10H23N5. The van der Waals surface area contributed by atoms with E-state index >= 15 is 0 Å². The summed E-state index contributed by atoms with van der Waals surface area (Å²) in [5, 5.41) is 0. The lowest BCUT2D eigenvalue weighted by Gasteiger charge is -2.33. The minimum absolute atomic E-state index is 0.321. The van der Waals surface area contributed by atoms with E-state index in [4.69, 9.17) is 11.6 Å². The molecule has 1 unspecified atom stereocenters. The lowest BCUT2D eigenvalue weighted by atomic mass is 10.0. The van der Waals surface area contributed by atoms with Crippen molar-refractivity contribution in [2.24, 2.45) is 16.6 Å². The van der Waals surface area contributed by atoms with E-state index in [2.05, 4.69) is 22.2 Å². The Morgan fingerprint density at radius 3 is 3.00 bits per heavy atom. The number of likely N-dealkylation sites (tertiary alicyclic amines) is 1. The first-order chi connectivity index (χ1) is 7.24. The van der Waals surface area contributed by atoms with Gasteiger partial charge in [0.25, 0.3) is 0 Å². The molecule has 0 aliphatic carbocycles. The molecule has 1 aliphatic heterocycles. The first-order valence-electron chi connectivity index (χ1n) is 5.74. The maximum absolute atomic E-state index is 5.42. The van der Waals surface area contributed by atoms with Crippen LogP contribution in [0.25, 0.3) is 0 Å². The second kappa shape index (κ2) is 6.63. The number of nitrogens with zero attached hydrogens (tertiary/aromatic N) is 2. The van der Waals surface area contributed by atoms with Crippen LogP contribution < -0.4 is 17.0 Å². The molecule has 15 heavy (non-hydrogen) atoms. The molecule has 0 radical (unpaired) electrons. The van der Waals surface area contributed by atoms with Crippen LogP contribution in [0.5, 0.6) is 0 Å². The molecule has 1 saturated heterocycles. The lowest BCUT2D eigenvalue weighted by molar-refractivity contribution is 0.160. The van der Waals surface area contributed by atoms with Crippen LogP contribution in [-0.4, -0.2) is 36.5 Å². The highest BCUT2D eigenvalue weighted by Gasteiger charge is 2.16. The fraction of sp³-hybridized carbons (Fsp3) is 0.900. The Morgan fingerprint density at radius 1 is 1.53 bits per heavy atom. The van der Waals surface area contributed by atoms with Gasteiger partial charge in [-0.1, -0.05) is 6.42 Å². The number of guanidine groups is 1. The molecular weight excluding hydrogens is 190 g/mol. The van der Waals surface area contributed by atoms with E-state index in [1.165, 1.54) is 25.8 Å². The van der Waals surface area contributed by atoms with Crippen molar-refractivity contribution in [3.8, 4) is 0 Å². The molecule has 0 bridgehead atoms. The molecule has 1 rings (SSSR count). The highest BCUT2D eigenvalue weighted by Crippen LogP contribution is 2.16. The van der Waals surface area contributed by atoms with Crippen LogP contribution in [0, 0.1) is 0 Å². The number of aliphatic imine (C=N–C) groups is 1. The van der Waals surface area contributed by atoms with E-state index in [1.807, 2.05) is 0 Å². The number of hydrogen-bond acceptors (Lipinski definition) is 3. The highest BCUT2D eigenvalue weighted by molar-refractivity contribution is 5.76. The second-order valence-electron chi connectivity index (χ2n) is 4.15. The molecule has 0 aromatic rings.